The second-order valence-electron chi connectivity index (χ2n) is 7.45. The van der Waals surface area contributed by atoms with E-state index in [0.29, 0.717) is 18.0 Å². The molecule has 1 aromatic carbocycles. The van der Waals surface area contributed by atoms with Gasteiger partial charge >= 0.3 is 6.18 Å². The molecule has 0 unspecified atom stereocenters. The first-order valence-electron chi connectivity index (χ1n) is 9.94. The van der Waals surface area contributed by atoms with Crippen LogP contribution in [0, 0.1) is 0 Å². The minimum Gasteiger partial charge on any atom is -0.490 e. The quantitative estimate of drug-likeness (QED) is 0.725. The molecule has 2 aromatic rings. The normalized spacial score (nSPS) is 20.6. The van der Waals surface area contributed by atoms with E-state index in [1.54, 1.807) is 12.3 Å². The lowest BCUT2D eigenvalue weighted by Gasteiger charge is -2.36. The van der Waals surface area contributed by atoms with E-state index in [1.165, 1.54) is 0 Å². The lowest BCUT2D eigenvalue weighted by atomic mass is 9.91. The molecule has 1 aliphatic carbocycles. The molecule has 28 heavy (non-hydrogen) atoms. The molecular weight excluding hydrogens is 369 g/mol. The van der Waals surface area contributed by atoms with Crippen LogP contribution in [0.5, 0.6) is 5.75 Å². The van der Waals surface area contributed by atoms with Crippen LogP contribution in [0.2, 0.25) is 0 Å². The second kappa shape index (κ2) is 8.99. The number of halogens is 3. The van der Waals surface area contributed by atoms with Crippen LogP contribution in [0.1, 0.15) is 45.4 Å². The molecule has 0 saturated heterocycles. The number of fused-ring (bicyclic) bond motifs is 1. The molecule has 154 valence electrons. The third-order valence-electron chi connectivity index (χ3n) is 5.52. The number of nitrogens with one attached hydrogen (secondary N) is 1. The van der Waals surface area contributed by atoms with Crippen molar-refractivity contribution in [1.82, 2.24) is 9.88 Å². The Kier molecular flexibility index (Phi) is 6.65. The summed E-state index contributed by atoms with van der Waals surface area (Å²) in [6, 6.07) is 7.65. The second-order valence-corrected chi connectivity index (χ2v) is 7.45. The third-order valence-corrected chi connectivity index (χ3v) is 5.52. The van der Waals surface area contributed by atoms with Crippen LogP contribution >= 0.6 is 0 Å². The third kappa shape index (κ3) is 5.50. The van der Waals surface area contributed by atoms with Crippen molar-refractivity contribution in [3.8, 4) is 5.75 Å². The number of hydrogen-bond acceptors (Lipinski definition) is 3. The number of aromatic nitrogens is 1. The molecule has 1 N–H and O–H groups in total. The molecule has 1 saturated carbocycles. The number of benzene rings is 1. The first-order valence-corrected chi connectivity index (χ1v) is 9.94. The van der Waals surface area contributed by atoms with E-state index in [2.05, 4.69) is 9.88 Å². The summed E-state index contributed by atoms with van der Waals surface area (Å²) in [5.74, 6) is 0.749. The number of hydrogen-bond donors (Lipinski definition) is 1. The molecule has 0 radical (unpaired) electrons. The van der Waals surface area contributed by atoms with Crippen molar-refractivity contribution in [3.63, 3.8) is 0 Å². The van der Waals surface area contributed by atoms with Crippen LogP contribution in [0.4, 0.5) is 13.2 Å². The van der Waals surface area contributed by atoms with Gasteiger partial charge in [0, 0.05) is 24.0 Å². The molecule has 1 aliphatic rings. The van der Waals surface area contributed by atoms with Crippen molar-refractivity contribution in [2.24, 2.45) is 0 Å². The van der Waals surface area contributed by atoms with Crippen molar-refractivity contribution in [3.05, 3.63) is 40.8 Å². The summed E-state index contributed by atoms with van der Waals surface area (Å²) in [7, 11) is 0. The summed E-state index contributed by atoms with van der Waals surface area (Å²) in [5, 5.41) is 1.48. The van der Waals surface area contributed by atoms with E-state index in [0.717, 1.165) is 43.4 Å². The zero-order chi connectivity index (χ0) is 20.1. The predicted octanol–water partition coefficient (Wildman–Crippen LogP) is 4.88. The highest BCUT2D eigenvalue weighted by Gasteiger charge is 2.29. The summed E-state index contributed by atoms with van der Waals surface area (Å²) < 4.78 is 43.2. The van der Waals surface area contributed by atoms with Gasteiger partial charge in [-0.1, -0.05) is 6.92 Å². The molecule has 7 heteroatoms. The fourth-order valence-corrected chi connectivity index (χ4v) is 4.05. The molecule has 1 heterocycles. The number of aromatic amines is 1. The SMILES string of the molecule is CCN(CCCC(F)(F)F)C1CCC(Oc2ccc3c(=O)[nH]ccc3c2)CC1. The summed E-state index contributed by atoms with van der Waals surface area (Å²) >= 11 is 0. The summed E-state index contributed by atoms with van der Waals surface area (Å²) in [4.78, 5) is 16.6. The van der Waals surface area contributed by atoms with Gasteiger partial charge < -0.3 is 14.6 Å². The van der Waals surface area contributed by atoms with E-state index in [-0.39, 0.29) is 18.1 Å². The standard InChI is InChI=1S/C21H27F3N2O2/c1-2-26(13-3-11-21(22,23)24)16-4-6-17(7-5-16)28-18-8-9-19-15(14-18)10-12-25-20(19)27/h8-10,12,14,16-17H,2-7,11,13H2,1H3,(H,25,27). The van der Waals surface area contributed by atoms with Crippen LogP contribution in [0.3, 0.4) is 0 Å². The Hall–Kier alpha value is -2.02. The Balaban J connectivity index is 1.51. The largest absolute Gasteiger partial charge is 0.490 e. The van der Waals surface area contributed by atoms with E-state index >= 15 is 0 Å². The van der Waals surface area contributed by atoms with Crippen LogP contribution < -0.4 is 10.3 Å². The van der Waals surface area contributed by atoms with Gasteiger partial charge in [0.25, 0.3) is 5.56 Å². The van der Waals surface area contributed by atoms with Gasteiger partial charge in [0.1, 0.15) is 5.75 Å². The van der Waals surface area contributed by atoms with Crippen LogP contribution in [0.25, 0.3) is 10.8 Å². The van der Waals surface area contributed by atoms with Crippen molar-refractivity contribution in [2.45, 2.75) is 63.8 Å². The minimum absolute atomic E-state index is 0.101. The smallest absolute Gasteiger partial charge is 0.389 e. The highest BCUT2D eigenvalue weighted by molar-refractivity contribution is 5.82. The van der Waals surface area contributed by atoms with E-state index in [4.69, 9.17) is 4.74 Å². The van der Waals surface area contributed by atoms with Crippen molar-refractivity contribution in [1.29, 1.82) is 0 Å². The number of rotatable bonds is 7. The molecule has 1 fully saturated rings. The predicted molar refractivity (Wildman–Crippen MR) is 104 cm³/mol. The van der Waals surface area contributed by atoms with E-state index < -0.39 is 12.6 Å². The van der Waals surface area contributed by atoms with E-state index in [1.807, 2.05) is 25.1 Å². The molecule has 1 aromatic heterocycles. The molecule has 0 atom stereocenters. The van der Waals surface area contributed by atoms with Gasteiger partial charge in [0.05, 0.1) is 6.10 Å². The molecule has 3 rings (SSSR count). The van der Waals surface area contributed by atoms with Crippen LogP contribution in [-0.2, 0) is 0 Å². The Labute approximate surface area is 162 Å². The molecule has 0 spiro atoms. The Bertz CT molecular complexity index is 826. The lowest BCUT2D eigenvalue weighted by molar-refractivity contribution is -0.136. The summed E-state index contributed by atoms with van der Waals surface area (Å²) in [5.41, 5.74) is -0.116. The molecular formula is C21H27F3N2O2. The first kappa shape index (κ1) is 20.7. The monoisotopic (exact) mass is 396 g/mol. The van der Waals surface area contributed by atoms with Crippen LogP contribution in [-0.4, -0.2) is 41.3 Å². The van der Waals surface area contributed by atoms with Gasteiger partial charge in [0.15, 0.2) is 0 Å². The topological polar surface area (TPSA) is 45.3 Å². The van der Waals surface area contributed by atoms with E-state index in [9.17, 15) is 18.0 Å². The van der Waals surface area contributed by atoms with Crippen LogP contribution in [0.15, 0.2) is 35.3 Å². The fourth-order valence-electron chi connectivity index (χ4n) is 4.05. The molecule has 4 nitrogen and oxygen atoms in total. The van der Waals surface area contributed by atoms with Crippen molar-refractivity contribution < 1.29 is 17.9 Å². The highest BCUT2D eigenvalue weighted by Crippen LogP contribution is 2.29. The molecule has 0 aliphatic heterocycles. The van der Waals surface area contributed by atoms with Gasteiger partial charge in [0.2, 0.25) is 0 Å². The number of ether oxygens (including phenoxy) is 1. The summed E-state index contributed by atoms with van der Waals surface area (Å²) in [6.07, 6.45) is 0.714. The maximum atomic E-state index is 12.4. The Morgan fingerprint density at radius 2 is 1.93 bits per heavy atom. The Morgan fingerprint density at radius 1 is 1.18 bits per heavy atom. The van der Waals surface area contributed by atoms with Crippen molar-refractivity contribution >= 4 is 10.8 Å². The fraction of sp³-hybridized carbons (Fsp3) is 0.571. The van der Waals surface area contributed by atoms with Gasteiger partial charge in [-0.2, -0.15) is 13.2 Å². The maximum Gasteiger partial charge on any atom is 0.389 e. The van der Waals surface area contributed by atoms with Gasteiger partial charge in [-0.3, -0.25) is 4.79 Å². The average Bonchev–Trinajstić information content (AvgIpc) is 2.65. The van der Waals surface area contributed by atoms with Crippen molar-refractivity contribution in [2.75, 3.05) is 13.1 Å². The lowest BCUT2D eigenvalue weighted by Crippen LogP contribution is -2.40. The zero-order valence-corrected chi connectivity index (χ0v) is 16.1. The Morgan fingerprint density at radius 3 is 2.61 bits per heavy atom. The highest BCUT2D eigenvalue weighted by atomic mass is 19.4. The maximum absolute atomic E-state index is 12.4. The first-order chi connectivity index (χ1) is 13.4. The summed E-state index contributed by atoms with van der Waals surface area (Å²) in [6.45, 7) is 3.27. The van der Waals surface area contributed by atoms with Gasteiger partial charge in [-0.25, -0.2) is 0 Å². The number of nitrogens with zero attached hydrogens (tertiary/aromatic N) is 1. The zero-order valence-electron chi connectivity index (χ0n) is 16.1. The van der Waals surface area contributed by atoms with Gasteiger partial charge in [-0.15, -0.1) is 0 Å². The molecule has 0 bridgehead atoms. The number of alkyl halides is 3. The minimum atomic E-state index is -4.07. The molecule has 0 amide bonds. The number of H-pyrrole nitrogens is 1. The number of pyridine rings is 1. The average molecular weight is 396 g/mol. The van der Waals surface area contributed by atoms with Gasteiger partial charge in [-0.05, 0) is 74.8 Å².